The van der Waals surface area contributed by atoms with E-state index in [0.717, 1.165) is 70.0 Å². The van der Waals surface area contributed by atoms with Crippen molar-refractivity contribution in [2.45, 2.75) is 76.8 Å². The normalized spacial score (nSPS) is 12.0. The first kappa shape index (κ1) is 44.1. The van der Waals surface area contributed by atoms with E-state index in [1.807, 2.05) is 100 Å². The number of rotatable bonds is 12. The summed E-state index contributed by atoms with van der Waals surface area (Å²) in [4.78, 5) is 14.2. The van der Waals surface area contributed by atoms with Gasteiger partial charge in [0.2, 0.25) is 10.0 Å². The fourth-order valence-corrected chi connectivity index (χ4v) is 7.82. The molecule has 58 heavy (non-hydrogen) atoms. The second-order valence-electron chi connectivity index (χ2n) is 16.5. The zero-order valence-electron chi connectivity index (χ0n) is 34.6. The van der Waals surface area contributed by atoms with E-state index >= 15 is 0 Å². The highest BCUT2D eigenvalue weighted by Gasteiger charge is 2.20. The largest absolute Gasteiger partial charge is 0.508 e. The molecule has 1 heterocycles. The van der Waals surface area contributed by atoms with Crippen molar-refractivity contribution in [2.24, 2.45) is 0 Å². The number of hydrazine groups is 1. The van der Waals surface area contributed by atoms with Gasteiger partial charge in [0.25, 0.3) is 0 Å². The average Bonchev–Trinajstić information content (AvgIpc) is 3.15. The van der Waals surface area contributed by atoms with Crippen LogP contribution >= 0.6 is 12.2 Å². The Bertz CT molecular complexity index is 2490. The Morgan fingerprint density at radius 1 is 0.776 bits per heavy atom. The maximum Gasteiger partial charge on any atom is 0.241 e. The van der Waals surface area contributed by atoms with E-state index in [1.54, 1.807) is 24.3 Å². The number of nitrogens with zero attached hydrogens (tertiary/aromatic N) is 1. The lowest BCUT2D eigenvalue weighted by molar-refractivity contribution is 0.405. The molecule has 6 N–H and O–H groups in total. The van der Waals surface area contributed by atoms with Crippen LogP contribution in [0.2, 0.25) is 0 Å². The van der Waals surface area contributed by atoms with Gasteiger partial charge in [0.15, 0.2) is 10.5 Å². The van der Waals surface area contributed by atoms with E-state index in [9.17, 15) is 18.3 Å². The SMILES string of the molecule is CC(C)(C)NNC(=S)Nc1ccc(-c2c3ccc(=O)cc-3oc3cc(O)ccc23)cc1.CN(C)c1cccc2c(S(=O)(=O)NCCCCCNC(C)(C)C)cccc12. The predicted molar refractivity (Wildman–Crippen MR) is 244 cm³/mol. The molecule has 6 rings (SSSR count). The minimum Gasteiger partial charge on any atom is -0.508 e. The standard InChI is InChI=1S/C24H23N3O3S.C21H33N3O2S/c1-24(2,3)27-26-23(31)25-15-6-4-14(5-7-15)22-18-10-8-16(28)12-20(18)30-21-13-17(29)9-11-19(21)22;1-21(2,3)22-15-7-6-8-16-23-27(25,26)20-14-10-11-17-18(20)12-9-13-19(17)24(4)5/h4-13,27-28H,1-3H3,(H2,25,26,31);9-14,22-23H,6-8,15-16H2,1-5H3. The first-order valence-corrected chi connectivity index (χ1v) is 21.3. The van der Waals surface area contributed by atoms with Crippen LogP contribution in [-0.2, 0) is 10.0 Å². The molecular formula is C45H56N6O5S2. The number of hydrogen-bond donors (Lipinski definition) is 6. The van der Waals surface area contributed by atoms with Crippen molar-refractivity contribution in [3.63, 3.8) is 0 Å². The van der Waals surface area contributed by atoms with Gasteiger partial charge < -0.3 is 25.1 Å². The lowest BCUT2D eigenvalue weighted by Crippen LogP contribution is -2.50. The van der Waals surface area contributed by atoms with E-state index in [0.29, 0.717) is 27.9 Å². The van der Waals surface area contributed by atoms with Gasteiger partial charge in [-0.15, -0.1) is 0 Å². The van der Waals surface area contributed by atoms with Crippen LogP contribution in [0.3, 0.4) is 0 Å². The summed E-state index contributed by atoms with van der Waals surface area (Å²) >= 11 is 5.33. The lowest BCUT2D eigenvalue weighted by atomic mass is 9.93. The van der Waals surface area contributed by atoms with E-state index in [-0.39, 0.29) is 22.3 Å². The molecule has 4 aromatic rings. The zero-order chi connectivity index (χ0) is 42.3. The van der Waals surface area contributed by atoms with Gasteiger partial charge in [-0.2, -0.15) is 0 Å². The molecule has 11 nitrogen and oxygen atoms in total. The highest BCUT2D eigenvalue weighted by atomic mass is 32.2. The van der Waals surface area contributed by atoms with Crippen molar-refractivity contribution >= 4 is 60.5 Å². The fourth-order valence-electron chi connectivity index (χ4n) is 6.36. The summed E-state index contributed by atoms with van der Waals surface area (Å²) in [5, 5.41) is 19.5. The Balaban J connectivity index is 0.000000223. The summed E-state index contributed by atoms with van der Waals surface area (Å²) < 4.78 is 34.3. The van der Waals surface area contributed by atoms with Crippen molar-refractivity contribution in [3.05, 3.63) is 107 Å². The minimum atomic E-state index is -3.53. The van der Waals surface area contributed by atoms with Crippen molar-refractivity contribution in [1.82, 2.24) is 20.9 Å². The van der Waals surface area contributed by atoms with Crippen LogP contribution in [0.4, 0.5) is 11.4 Å². The maximum absolute atomic E-state index is 12.8. The summed E-state index contributed by atoms with van der Waals surface area (Å²) in [6, 6.07) is 28.8. The van der Waals surface area contributed by atoms with Crippen LogP contribution < -0.4 is 36.5 Å². The number of sulfonamides is 1. The molecule has 1 aliphatic heterocycles. The average molecular weight is 825 g/mol. The molecule has 0 amide bonds. The Morgan fingerprint density at radius 2 is 1.47 bits per heavy atom. The van der Waals surface area contributed by atoms with Crippen LogP contribution in [0.15, 0.2) is 111 Å². The number of benzene rings is 5. The smallest absolute Gasteiger partial charge is 0.241 e. The quantitative estimate of drug-likeness (QED) is 0.0305. The fraction of sp³-hybridized carbons (Fsp3) is 0.333. The molecule has 0 bridgehead atoms. The zero-order valence-corrected chi connectivity index (χ0v) is 36.3. The molecular weight excluding hydrogens is 769 g/mol. The van der Waals surface area contributed by atoms with Crippen LogP contribution in [-0.4, -0.2) is 56.9 Å². The van der Waals surface area contributed by atoms with Crippen LogP contribution in [0.25, 0.3) is 44.2 Å². The minimum absolute atomic E-state index is 0.101. The van der Waals surface area contributed by atoms with Crippen LogP contribution in [0, 0.1) is 0 Å². The van der Waals surface area contributed by atoms with Crippen molar-refractivity contribution < 1.29 is 17.9 Å². The molecule has 4 aromatic carbocycles. The molecule has 0 aromatic heterocycles. The van der Waals surface area contributed by atoms with Crippen LogP contribution in [0.5, 0.6) is 5.75 Å². The first-order chi connectivity index (χ1) is 27.3. The van der Waals surface area contributed by atoms with Gasteiger partial charge in [-0.3, -0.25) is 10.2 Å². The number of nitrogens with one attached hydrogen (secondary N) is 5. The molecule has 2 aliphatic rings. The van der Waals surface area contributed by atoms with Gasteiger partial charge in [0, 0.05) is 82.5 Å². The monoisotopic (exact) mass is 824 g/mol. The number of phenolic OH excluding ortho intramolecular Hbond substituents is 1. The number of hydrogen-bond acceptors (Lipinski definition) is 9. The Kier molecular flexibility index (Phi) is 14.2. The molecule has 0 spiro atoms. The van der Waals surface area contributed by atoms with Crippen LogP contribution in [0.1, 0.15) is 60.8 Å². The third kappa shape index (κ3) is 12.0. The third-order valence-electron chi connectivity index (χ3n) is 9.09. The van der Waals surface area contributed by atoms with Crippen molar-refractivity contribution in [1.29, 1.82) is 0 Å². The Morgan fingerprint density at radius 3 is 2.16 bits per heavy atom. The highest BCUT2D eigenvalue weighted by Crippen LogP contribution is 2.41. The molecule has 13 heteroatoms. The second-order valence-corrected chi connectivity index (χ2v) is 18.6. The van der Waals surface area contributed by atoms with Gasteiger partial charge in [-0.05, 0) is 127 Å². The lowest BCUT2D eigenvalue weighted by Gasteiger charge is -2.22. The summed E-state index contributed by atoms with van der Waals surface area (Å²) in [7, 11) is 0.393. The summed E-state index contributed by atoms with van der Waals surface area (Å²) in [6.07, 6.45) is 2.87. The molecule has 0 saturated heterocycles. The van der Waals surface area contributed by atoms with Gasteiger partial charge in [0.1, 0.15) is 17.1 Å². The van der Waals surface area contributed by atoms with Crippen molar-refractivity contribution in [3.8, 4) is 28.2 Å². The van der Waals surface area contributed by atoms with Gasteiger partial charge in [-0.1, -0.05) is 42.8 Å². The molecule has 308 valence electrons. The number of phenols is 1. The Labute approximate surface area is 347 Å². The predicted octanol–water partition coefficient (Wildman–Crippen LogP) is 8.60. The van der Waals surface area contributed by atoms with Gasteiger partial charge >= 0.3 is 0 Å². The van der Waals surface area contributed by atoms with E-state index in [4.69, 9.17) is 16.6 Å². The summed E-state index contributed by atoms with van der Waals surface area (Å²) in [6.45, 7) is 14.0. The Hall–Kier alpha value is -5.05. The topological polar surface area (TPSA) is 148 Å². The number of aromatic hydroxyl groups is 1. The number of unbranched alkanes of at least 4 members (excludes halogenated alkanes) is 2. The molecule has 0 atom stereocenters. The van der Waals surface area contributed by atoms with Gasteiger partial charge in [-0.25, -0.2) is 18.6 Å². The van der Waals surface area contributed by atoms with Crippen molar-refractivity contribution in [2.75, 3.05) is 37.4 Å². The van der Waals surface area contributed by atoms with E-state index in [2.05, 4.69) is 47.0 Å². The highest BCUT2D eigenvalue weighted by molar-refractivity contribution is 7.89. The first-order valence-electron chi connectivity index (χ1n) is 19.4. The third-order valence-corrected chi connectivity index (χ3v) is 10.8. The van der Waals surface area contributed by atoms with E-state index < -0.39 is 10.0 Å². The van der Waals surface area contributed by atoms with Gasteiger partial charge in [0.05, 0.1) is 4.90 Å². The second kappa shape index (κ2) is 18.7. The molecule has 0 fully saturated rings. The maximum atomic E-state index is 12.8. The van der Waals surface area contributed by atoms with E-state index in [1.165, 1.54) is 12.1 Å². The number of fused-ring (bicyclic) bond motifs is 3. The summed E-state index contributed by atoms with van der Waals surface area (Å²) in [5.41, 5.74) is 11.0. The molecule has 0 saturated carbocycles. The molecule has 1 aliphatic carbocycles. The number of thiocarbonyl (C=S) groups is 1. The molecule has 0 radical (unpaired) electrons. The summed E-state index contributed by atoms with van der Waals surface area (Å²) in [5.74, 6) is 0.575. The number of anilines is 2. The molecule has 0 unspecified atom stereocenters.